The average Bonchev–Trinajstić information content (AvgIpc) is 2.60. The van der Waals surface area contributed by atoms with Crippen molar-refractivity contribution in [2.45, 2.75) is 26.7 Å². The quantitative estimate of drug-likeness (QED) is 0.901. The highest BCUT2D eigenvalue weighted by Gasteiger charge is 2.07. The normalized spacial score (nSPS) is 10.8. The molecule has 90 valence electrons. The molecule has 0 saturated carbocycles. The molecule has 0 bridgehead atoms. The van der Waals surface area contributed by atoms with E-state index < -0.39 is 0 Å². The zero-order valence-electron chi connectivity index (χ0n) is 10.4. The zero-order chi connectivity index (χ0) is 12.3. The molecule has 1 aromatic carbocycles. The number of nitrogens with two attached hydrogens (primary N) is 1. The second-order valence-corrected chi connectivity index (χ2v) is 5.49. The van der Waals surface area contributed by atoms with Crippen molar-refractivity contribution in [3.05, 3.63) is 51.0 Å². The van der Waals surface area contributed by atoms with Crippen LogP contribution in [0.1, 0.15) is 26.7 Å². The van der Waals surface area contributed by atoms with Crippen molar-refractivity contribution in [1.82, 2.24) is 4.98 Å². The van der Waals surface area contributed by atoms with Crippen molar-refractivity contribution < 1.29 is 0 Å². The van der Waals surface area contributed by atoms with Gasteiger partial charge >= 0.3 is 0 Å². The van der Waals surface area contributed by atoms with E-state index in [0.717, 1.165) is 23.5 Å². The summed E-state index contributed by atoms with van der Waals surface area (Å²) in [6, 6.07) is 8.65. The van der Waals surface area contributed by atoms with Gasteiger partial charge in [-0.1, -0.05) is 29.8 Å². The summed E-state index contributed by atoms with van der Waals surface area (Å²) in [6.45, 7) is 4.89. The largest absolute Gasteiger partial charge is 0.330 e. The van der Waals surface area contributed by atoms with Crippen LogP contribution in [0.15, 0.2) is 24.3 Å². The summed E-state index contributed by atoms with van der Waals surface area (Å²) >= 11 is 1.79. The molecule has 2 rings (SSSR count). The summed E-state index contributed by atoms with van der Waals surface area (Å²) in [5.74, 6) is 0. The lowest BCUT2D eigenvalue weighted by Gasteiger charge is -2.00. The van der Waals surface area contributed by atoms with E-state index in [1.165, 1.54) is 16.0 Å². The Bertz CT molecular complexity index is 503. The number of hydrogen-bond donors (Lipinski definition) is 1. The average molecular weight is 246 g/mol. The van der Waals surface area contributed by atoms with E-state index >= 15 is 0 Å². The van der Waals surface area contributed by atoms with Gasteiger partial charge in [0.05, 0.1) is 10.7 Å². The molecule has 2 N–H and O–H groups in total. The maximum Gasteiger partial charge on any atom is 0.0943 e. The lowest BCUT2D eigenvalue weighted by Crippen LogP contribution is -2.01. The summed E-state index contributed by atoms with van der Waals surface area (Å²) in [6.07, 6.45) is 1.87. The summed E-state index contributed by atoms with van der Waals surface area (Å²) < 4.78 is 0. The topological polar surface area (TPSA) is 38.9 Å². The van der Waals surface area contributed by atoms with Gasteiger partial charge in [0.2, 0.25) is 0 Å². The minimum atomic E-state index is 0.677. The number of nitrogens with zero attached hydrogens (tertiary/aromatic N) is 1. The molecule has 0 aliphatic heterocycles. The molecule has 0 radical (unpaired) electrons. The van der Waals surface area contributed by atoms with Crippen molar-refractivity contribution in [2.24, 2.45) is 5.73 Å². The van der Waals surface area contributed by atoms with Gasteiger partial charge in [-0.2, -0.15) is 0 Å². The molecule has 0 unspecified atom stereocenters. The fraction of sp³-hybridized carbons (Fsp3) is 0.357. The molecule has 0 saturated heterocycles. The predicted octanol–water partition coefficient (Wildman–Crippen LogP) is 2.85. The first-order valence-corrected chi connectivity index (χ1v) is 6.71. The van der Waals surface area contributed by atoms with Crippen LogP contribution in [0, 0.1) is 13.8 Å². The molecule has 0 aliphatic rings. The Labute approximate surface area is 107 Å². The third kappa shape index (κ3) is 3.14. The lowest BCUT2D eigenvalue weighted by atomic mass is 10.1. The Morgan fingerprint density at radius 2 is 2.12 bits per heavy atom. The van der Waals surface area contributed by atoms with Gasteiger partial charge in [0.25, 0.3) is 0 Å². The fourth-order valence-electron chi connectivity index (χ4n) is 1.89. The maximum absolute atomic E-state index is 5.56. The smallest absolute Gasteiger partial charge is 0.0943 e. The molecule has 2 nitrogen and oxygen atoms in total. The van der Waals surface area contributed by atoms with Gasteiger partial charge in [-0.05, 0) is 26.0 Å². The van der Waals surface area contributed by atoms with Crippen LogP contribution in [0.5, 0.6) is 0 Å². The van der Waals surface area contributed by atoms with Crippen molar-refractivity contribution in [3.63, 3.8) is 0 Å². The van der Waals surface area contributed by atoms with Crippen LogP contribution < -0.4 is 5.73 Å². The Hall–Kier alpha value is -1.19. The maximum atomic E-state index is 5.56. The number of aromatic nitrogens is 1. The first kappa shape index (κ1) is 12.3. The molecule has 0 spiro atoms. The number of hydrogen-bond acceptors (Lipinski definition) is 3. The molecular weight excluding hydrogens is 228 g/mol. The van der Waals surface area contributed by atoms with Gasteiger partial charge in [0.15, 0.2) is 0 Å². The standard InChI is InChI=1S/C14H18N2S/c1-10-4-3-5-12(8-10)9-13-11(2)16-14(17-13)6-7-15/h3-5,8H,6-7,9,15H2,1-2H3. The molecule has 0 fully saturated rings. The fourth-order valence-corrected chi connectivity index (χ4v) is 3.01. The number of aryl methyl sites for hydroxylation is 2. The van der Waals surface area contributed by atoms with Crippen LogP contribution >= 0.6 is 11.3 Å². The highest BCUT2D eigenvalue weighted by Crippen LogP contribution is 2.22. The van der Waals surface area contributed by atoms with Gasteiger partial charge in [-0.15, -0.1) is 11.3 Å². The Balaban J connectivity index is 2.18. The third-order valence-corrected chi connectivity index (χ3v) is 3.96. The van der Waals surface area contributed by atoms with Crippen LogP contribution in [0.3, 0.4) is 0 Å². The van der Waals surface area contributed by atoms with E-state index in [-0.39, 0.29) is 0 Å². The van der Waals surface area contributed by atoms with Crippen molar-refractivity contribution in [1.29, 1.82) is 0 Å². The van der Waals surface area contributed by atoms with Crippen LogP contribution in [0.25, 0.3) is 0 Å². The lowest BCUT2D eigenvalue weighted by molar-refractivity contribution is 0.943. The Morgan fingerprint density at radius 3 is 2.82 bits per heavy atom. The molecular formula is C14H18N2S. The van der Waals surface area contributed by atoms with E-state index in [2.05, 4.69) is 43.1 Å². The number of thiazole rings is 1. The minimum absolute atomic E-state index is 0.677. The van der Waals surface area contributed by atoms with E-state index in [4.69, 9.17) is 5.73 Å². The van der Waals surface area contributed by atoms with Crippen LogP contribution in [0.2, 0.25) is 0 Å². The van der Waals surface area contributed by atoms with Gasteiger partial charge in [0, 0.05) is 17.7 Å². The van der Waals surface area contributed by atoms with Crippen molar-refractivity contribution in [3.8, 4) is 0 Å². The summed E-state index contributed by atoms with van der Waals surface area (Å²) in [5.41, 5.74) is 9.38. The van der Waals surface area contributed by atoms with Crippen LogP contribution in [0.4, 0.5) is 0 Å². The summed E-state index contributed by atoms with van der Waals surface area (Å²) in [5, 5.41) is 1.16. The molecule has 0 aliphatic carbocycles. The van der Waals surface area contributed by atoms with Crippen LogP contribution in [-0.4, -0.2) is 11.5 Å². The van der Waals surface area contributed by atoms with Crippen LogP contribution in [-0.2, 0) is 12.8 Å². The summed E-state index contributed by atoms with van der Waals surface area (Å²) in [7, 11) is 0. The van der Waals surface area contributed by atoms with Gasteiger partial charge in [-0.3, -0.25) is 0 Å². The van der Waals surface area contributed by atoms with Crippen molar-refractivity contribution in [2.75, 3.05) is 6.54 Å². The molecule has 3 heteroatoms. The molecule has 0 atom stereocenters. The third-order valence-electron chi connectivity index (χ3n) is 2.74. The van der Waals surface area contributed by atoms with E-state index in [9.17, 15) is 0 Å². The SMILES string of the molecule is Cc1cccc(Cc2sc(CCN)nc2C)c1. The highest BCUT2D eigenvalue weighted by molar-refractivity contribution is 7.11. The number of rotatable bonds is 4. The van der Waals surface area contributed by atoms with Crippen molar-refractivity contribution >= 4 is 11.3 Å². The Kier molecular flexibility index (Phi) is 3.92. The first-order valence-electron chi connectivity index (χ1n) is 5.90. The second kappa shape index (κ2) is 5.43. The van der Waals surface area contributed by atoms with E-state index in [1.807, 2.05) is 0 Å². The first-order chi connectivity index (χ1) is 8.19. The zero-order valence-corrected chi connectivity index (χ0v) is 11.2. The molecule has 1 aromatic heterocycles. The Morgan fingerprint density at radius 1 is 1.29 bits per heavy atom. The summed E-state index contributed by atoms with van der Waals surface area (Å²) in [4.78, 5) is 5.92. The van der Waals surface area contributed by atoms with Gasteiger partial charge in [0.1, 0.15) is 0 Å². The monoisotopic (exact) mass is 246 g/mol. The molecule has 2 aromatic rings. The van der Waals surface area contributed by atoms with Gasteiger partial charge in [-0.25, -0.2) is 4.98 Å². The minimum Gasteiger partial charge on any atom is -0.330 e. The molecule has 0 amide bonds. The van der Waals surface area contributed by atoms with Gasteiger partial charge < -0.3 is 5.73 Å². The highest BCUT2D eigenvalue weighted by atomic mass is 32.1. The predicted molar refractivity (Wildman–Crippen MR) is 73.6 cm³/mol. The molecule has 1 heterocycles. The second-order valence-electron chi connectivity index (χ2n) is 4.32. The number of benzene rings is 1. The molecule has 17 heavy (non-hydrogen) atoms. The van der Waals surface area contributed by atoms with E-state index in [0.29, 0.717) is 6.54 Å². The van der Waals surface area contributed by atoms with E-state index in [1.54, 1.807) is 11.3 Å².